The van der Waals surface area contributed by atoms with Crippen molar-refractivity contribution < 1.29 is 47.9 Å². The zero-order valence-electron chi connectivity index (χ0n) is 13.0. The van der Waals surface area contributed by atoms with E-state index in [4.69, 9.17) is 14.6 Å². The van der Waals surface area contributed by atoms with Gasteiger partial charge in [0.25, 0.3) is 0 Å². The van der Waals surface area contributed by atoms with E-state index in [0.29, 0.717) is 12.1 Å². The summed E-state index contributed by atoms with van der Waals surface area (Å²) in [5, 5.41) is 38.3. The lowest BCUT2D eigenvalue weighted by Gasteiger charge is -2.39. The van der Waals surface area contributed by atoms with Crippen molar-refractivity contribution in [1.29, 1.82) is 0 Å². The standard InChI is InChI=1S/C15H17F3O7/c1-6(20)7-2-8(15(16,17)18)4-9(3-7)24-14-13(23)12(22)11(21)10(5-19)25-14/h2-4,10-14,19,21-23H,5H2,1H3/t10-,11-,12+,13-,14-/m1/s1. The van der Waals surface area contributed by atoms with E-state index in [1.165, 1.54) is 0 Å². The highest BCUT2D eigenvalue weighted by molar-refractivity contribution is 5.94. The maximum atomic E-state index is 12.9. The minimum atomic E-state index is -4.74. The molecule has 4 N–H and O–H groups in total. The van der Waals surface area contributed by atoms with Crippen LogP contribution in [-0.2, 0) is 10.9 Å². The van der Waals surface area contributed by atoms with Crippen molar-refractivity contribution in [2.75, 3.05) is 6.61 Å². The molecule has 0 radical (unpaired) electrons. The molecule has 0 aliphatic carbocycles. The molecule has 1 fully saturated rings. The zero-order valence-corrected chi connectivity index (χ0v) is 13.0. The summed E-state index contributed by atoms with van der Waals surface area (Å²) < 4.78 is 49.0. The number of aliphatic hydroxyl groups excluding tert-OH is 4. The lowest BCUT2D eigenvalue weighted by atomic mass is 9.99. The van der Waals surface area contributed by atoms with Crippen LogP contribution in [0.25, 0.3) is 0 Å². The number of ether oxygens (including phenoxy) is 2. The highest BCUT2D eigenvalue weighted by Crippen LogP contribution is 2.34. The van der Waals surface area contributed by atoms with Crippen LogP contribution < -0.4 is 4.74 Å². The van der Waals surface area contributed by atoms with Gasteiger partial charge in [0.2, 0.25) is 6.29 Å². The first-order valence-electron chi connectivity index (χ1n) is 7.25. The third-order valence-electron chi connectivity index (χ3n) is 3.74. The molecule has 10 heteroatoms. The predicted molar refractivity (Wildman–Crippen MR) is 75.8 cm³/mol. The largest absolute Gasteiger partial charge is 0.462 e. The van der Waals surface area contributed by atoms with Crippen LogP contribution in [0.3, 0.4) is 0 Å². The van der Waals surface area contributed by atoms with Gasteiger partial charge in [0, 0.05) is 5.56 Å². The van der Waals surface area contributed by atoms with Crippen molar-refractivity contribution in [3.8, 4) is 5.75 Å². The number of hydrogen-bond donors (Lipinski definition) is 4. The molecule has 1 heterocycles. The Morgan fingerprint density at radius 3 is 2.32 bits per heavy atom. The molecule has 25 heavy (non-hydrogen) atoms. The molecule has 1 aliphatic rings. The topological polar surface area (TPSA) is 116 Å². The second-order valence-electron chi connectivity index (χ2n) is 5.62. The van der Waals surface area contributed by atoms with Crippen molar-refractivity contribution in [1.82, 2.24) is 0 Å². The molecule has 0 aromatic heterocycles. The van der Waals surface area contributed by atoms with Gasteiger partial charge in [-0.3, -0.25) is 4.79 Å². The maximum Gasteiger partial charge on any atom is 0.416 e. The molecule has 0 amide bonds. The average Bonchev–Trinajstić information content (AvgIpc) is 2.54. The van der Waals surface area contributed by atoms with Gasteiger partial charge in [-0.25, -0.2) is 0 Å². The van der Waals surface area contributed by atoms with Crippen LogP contribution >= 0.6 is 0 Å². The molecule has 1 aromatic carbocycles. The van der Waals surface area contributed by atoms with Crippen molar-refractivity contribution in [3.63, 3.8) is 0 Å². The molecule has 0 unspecified atom stereocenters. The molecular weight excluding hydrogens is 349 g/mol. The minimum Gasteiger partial charge on any atom is -0.462 e. The quantitative estimate of drug-likeness (QED) is 0.558. The Morgan fingerprint density at radius 1 is 1.16 bits per heavy atom. The maximum absolute atomic E-state index is 12.9. The number of halogens is 3. The van der Waals surface area contributed by atoms with E-state index in [1.54, 1.807) is 0 Å². The number of benzene rings is 1. The monoisotopic (exact) mass is 366 g/mol. The van der Waals surface area contributed by atoms with Gasteiger partial charge in [-0.05, 0) is 25.1 Å². The molecule has 5 atom stereocenters. The zero-order chi connectivity index (χ0) is 18.9. The van der Waals surface area contributed by atoms with E-state index in [1.807, 2.05) is 0 Å². The Morgan fingerprint density at radius 2 is 1.80 bits per heavy atom. The lowest BCUT2D eigenvalue weighted by Crippen LogP contribution is -2.60. The number of rotatable bonds is 4. The summed E-state index contributed by atoms with van der Waals surface area (Å²) >= 11 is 0. The third kappa shape index (κ3) is 4.28. The number of aliphatic hydroxyl groups is 4. The van der Waals surface area contributed by atoms with E-state index >= 15 is 0 Å². The van der Waals surface area contributed by atoms with E-state index in [-0.39, 0.29) is 5.56 Å². The molecule has 140 valence electrons. The normalized spacial score (nSPS) is 30.2. The summed E-state index contributed by atoms with van der Waals surface area (Å²) in [6, 6.07) is 2.29. The first kappa shape index (κ1) is 19.6. The van der Waals surface area contributed by atoms with E-state index < -0.39 is 60.6 Å². The van der Waals surface area contributed by atoms with E-state index in [0.717, 1.165) is 13.0 Å². The SMILES string of the molecule is CC(=O)c1cc(O[C@@H]2O[C@H](CO)[C@@H](O)[C@H](O)[C@H]2O)cc(C(F)(F)F)c1. The Kier molecular flexibility index (Phi) is 5.69. The van der Waals surface area contributed by atoms with Crippen molar-refractivity contribution in [2.24, 2.45) is 0 Å². The number of carbonyl (C=O) groups is 1. The fourth-order valence-electron chi connectivity index (χ4n) is 2.33. The van der Waals surface area contributed by atoms with Crippen LogP contribution in [0.1, 0.15) is 22.8 Å². The van der Waals surface area contributed by atoms with Gasteiger partial charge in [-0.15, -0.1) is 0 Å². The number of carbonyl (C=O) groups excluding carboxylic acids is 1. The van der Waals surface area contributed by atoms with Gasteiger partial charge >= 0.3 is 6.18 Å². The molecule has 1 aromatic rings. The van der Waals surface area contributed by atoms with Crippen LogP contribution in [0.2, 0.25) is 0 Å². The number of Topliss-reactive ketones (excluding diaryl/α,β-unsaturated/α-hetero) is 1. The third-order valence-corrected chi connectivity index (χ3v) is 3.74. The first-order chi connectivity index (χ1) is 11.5. The van der Waals surface area contributed by atoms with Crippen LogP contribution in [0.15, 0.2) is 18.2 Å². The Hall–Kier alpha value is -1.72. The number of ketones is 1. The number of hydrogen-bond acceptors (Lipinski definition) is 7. The molecule has 0 saturated carbocycles. The summed E-state index contributed by atoms with van der Waals surface area (Å²) in [6.07, 6.45) is -12.8. The highest BCUT2D eigenvalue weighted by atomic mass is 19.4. The van der Waals surface area contributed by atoms with Crippen molar-refractivity contribution in [3.05, 3.63) is 29.3 Å². The molecule has 0 bridgehead atoms. The lowest BCUT2D eigenvalue weighted by molar-refractivity contribution is -0.277. The highest BCUT2D eigenvalue weighted by Gasteiger charge is 2.45. The second-order valence-corrected chi connectivity index (χ2v) is 5.62. The first-order valence-corrected chi connectivity index (χ1v) is 7.25. The minimum absolute atomic E-state index is 0.269. The van der Waals surface area contributed by atoms with Crippen molar-refractivity contribution in [2.45, 2.75) is 43.8 Å². The van der Waals surface area contributed by atoms with Crippen LogP contribution in [0, 0.1) is 0 Å². The van der Waals surface area contributed by atoms with Crippen LogP contribution in [-0.4, -0.2) is 63.5 Å². The van der Waals surface area contributed by atoms with Gasteiger partial charge in [-0.2, -0.15) is 13.2 Å². The Bertz CT molecular complexity index is 632. The Labute approximate surface area is 140 Å². The Balaban J connectivity index is 2.32. The van der Waals surface area contributed by atoms with Gasteiger partial charge in [-0.1, -0.05) is 0 Å². The molecule has 2 rings (SSSR count). The summed E-state index contributed by atoms with van der Waals surface area (Å²) in [4.78, 5) is 11.4. The van der Waals surface area contributed by atoms with Crippen LogP contribution in [0.5, 0.6) is 5.75 Å². The van der Waals surface area contributed by atoms with Crippen molar-refractivity contribution >= 4 is 5.78 Å². The molecular formula is C15H17F3O7. The molecule has 0 spiro atoms. The average molecular weight is 366 g/mol. The summed E-state index contributed by atoms with van der Waals surface area (Å²) in [6.45, 7) is 0.360. The van der Waals surface area contributed by atoms with Gasteiger partial charge in [0.05, 0.1) is 12.2 Å². The van der Waals surface area contributed by atoms with E-state index in [9.17, 15) is 33.3 Å². The molecule has 1 aliphatic heterocycles. The summed E-state index contributed by atoms with van der Waals surface area (Å²) in [7, 11) is 0. The smallest absolute Gasteiger partial charge is 0.416 e. The fraction of sp³-hybridized carbons (Fsp3) is 0.533. The molecule has 7 nitrogen and oxygen atoms in total. The summed E-state index contributed by atoms with van der Waals surface area (Å²) in [5.41, 5.74) is -1.41. The van der Waals surface area contributed by atoms with Gasteiger partial charge in [0.15, 0.2) is 5.78 Å². The van der Waals surface area contributed by atoms with E-state index in [2.05, 4.69) is 0 Å². The van der Waals surface area contributed by atoms with Gasteiger partial charge in [0.1, 0.15) is 30.2 Å². The van der Waals surface area contributed by atoms with Crippen LogP contribution in [0.4, 0.5) is 13.2 Å². The predicted octanol–water partition coefficient (Wildman–Crippen LogP) is 0.0867. The number of alkyl halides is 3. The van der Waals surface area contributed by atoms with Gasteiger partial charge < -0.3 is 29.9 Å². The second kappa shape index (κ2) is 7.26. The summed E-state index contributed by atoms with van der Waals surface area (Å²) in [5.74, 6) is -1.06. The molecule has 1 saturated heterocycles. The fourth-order valence-corrected chi connectivity index (χ4v) is 2.33.